The summed E-state index contributed by atoms with van der Waals surface area (Å²) in [5.74, 6) is -1.74. The SMILES string of the molecule is N[C@]1(C(=O)O)C[C@@H]2ONC(=O)[C@@H]2C1. The van der Waals surface area contributed by atoms with Crippen LogP contribution in [-0.4, -0.2) is 28.6 Å². The summed E-state index contributed by atoms with van der Waals surface area (Å²) in [5.41, 5.74) is 6.51. The molecule has 0 spiro atoms. The molecule has 1 amide bonds. The lowest BCUT2D eigenvalue weighted by Crippen LogP contribution is -2.47. The predicted molar refractivity (Wildman–Crippen MR) is 40.3 cm³/mol. The number of rotatable bonds is 1. The van der Waals surface area contributed by atoms with Crippen LogP contribution in [-0.2, 0) is 14.4 Å². The first-order chi connectivity index (χ1) is 6.03. The Balaban J connectivity index is 2.18. The van der Waals surface area contributed by atoms with E-state index in [-0.39, 0.29) is 24.9 Å². The van der Waals surface area contributed by atoms with Crippen molar-refractivity contribution < 1.29 is 19.5 Å². The van der Waals surface area contributed by atoms with Gasteiger partial charge in [0.05, 0.1) is 12.0 Å². The summed E-state index contributed by atoms with van der Waals surface area (Å²) in [7, 11) is 0. The van der Waals surface area contributed by atoms with Gasteiger partial charge in [0.2, 0.25) is 5.91 Å². The largest absolute Gasteiger partial charge is 0.480 e. The topological polar surface area (TPSA) is 102 Å². The number of carbonyl (C=O) groups excluding carboxylic acids is 1. The van der Waals surface area contributed by atoms with Gasteiger partial charge in [-0.05, 0) is 6.42 Å². The molecule has 0 aromatic rings. The molecule has 3 atom stereocenters. The second-order valence-corrected chi connectivity index (χ2v) is 3.60. The number of carboxylic acids is 1. The summed E-state index contributed by atoms with van der Waals surface area (Å²) in [6.45, 7) is 0. The van der Waals surface area contributed by atoms with Crippen molar-refractivity contribution in [1.82, 2.24) is 5.48 Å². The van der Waals surface area contributed by atoms with Crippen molar-refractivity contribution in [2.24, 2.45) is 11.7 Å². The summed E-state index contributed by atoms with van der Waals surface area (Å²) >= 11 is 0. The van der Waals surface area contributed by atoms with Gasteiger partial charge >= 0.3 is 5.97 Å². The van der Waals surface area contributed by atoms with Crippen molar-refractivity contribution in [2.45, 2.75) is 24.5 Å². The lowest BCUT2D eigenvalue weighted by Gasteiger charge is -2.18. The standard InChI is InChI=1S/C7H10N2O4/c8-7(6(11)12)1-3-4(2-7)13-9-5(3)10/h3-4H,1-2,8H2,(H,9,10)(H,11,12)/t3-,4+,7+/m1/s1. The van der Waals surface area contributed by atoms with Crippen LogP contribution in [0.1, 0.15) is 12.8 Å². The number of carbonyl (C=O) groups is 2. The van der Waals surface area contributed by atoms with Gasteiger partial charge in [-0.2, -0.15) is 0 Å². The lowest BCUT2D eigenvalue weighted by molar-refractivity contribution is -0.144. The van der Waals surface area contributed by atoms with E-state index in [0.29, 0.717) is 0 Å². The van der Waals surface area contributed by atoms with Gasteiger partial charge in [0.1, 0.15) is 5.54 Å². The summed E-state index contributed by atoms with van der Waals surface area (Å²) in [5, 5.41) is 8.80. The molecule has 2 rings (SSSR count). The molecule has 1 aliphatic heterocycles. The van der Waals surface area contributed by atoms with Crippen LogP contribution < -0.4 is 11.2 Å². The Hall–Kier alpha value is -1.14. The van der Waals surface area contributed by atoms with Crippen molar-refractivity contribution in [3.8, 4) is 0 Å². The van der Waals surface area contributed by atoms with Gasteiger partial charge in [-0.25, -0.2) is 5.48 Å². The maximum atomic E-state index is 11.1. The lowest BCUT2D eigenvalue weighted by atomic mass is 9.97. The average molecular weight is 186 g/mol. The van der Waals surface area contributed by atoms with Crippen LogP contribution in [0.2, 0.25) is 0 Å². The molecule has 0 radical (unpaired) electrons. The Morgan fingerprint density at radius 3 is 2.92 bits per heavy atom. The number of amides is 1. The van der Waals surface area contributed by atoms with E-state index in [1.807, 2.05) is 0 Å². The Labute approximate surface area is 74.0 Å². The van der Waals surface area contributed by atoms with E-state index in [4.69, 9.17) is 15.7 Å². The molecule has 4 N–H and O–H groups in total. The summed E-state index contributed by atoms with van der Waals surface area (Å²) in [4.78, 5) is 26.7. The summed E-state index contributed by atoms with van der Waals surface area (Å²) in [6.07, 6.45) is -0.0431. The number of hydrogen-bond acceptors (Lipinski definition) is 4. The van der Waals surface area contributed by atoms with E-state index in [2.05, 4.69) is 5.48 Å². The van der Waals surface area contributed by atoms with Crippen molar-refractivity contribution >= 4 is 11.9 Å². The highest BCUT2D eigenvalue weighted by atomic mass is 16.7. The summed E-state index contributed by atoms with van der Waals surface area (Å²) < 4.78 is 0. The fourth-order valence-corrected chi connectivity index (χ4v) is 1.88. The molecule has 0 unspecified atom stereocenters. The van der Waals surface area contributed by atoms with E-state index in [1.165, 1.54) is 0 Å². The third-order valence-electron chi connectivity index (χ3n) is 2.67. The molecule has 72 valence electrons. The maximum Gasteiger partial charge on any atom is 0.323 e. The third kappa shape index (κ3) is 1.10. The number of hydroxylamine groups is 1. The molecule has 0 aromatic heterocycles. The second kappa shape index (κ2) is 2.43. The Morgan fingerprint density at radius 1 is 1.69 bits per heavy atom. The van der Waals surface area contributed by atoms with Crippen LogP contribution in [0.25, 0.3) is 0 Å². The molecule has 1 aliphatic carbocycles. The molecule has 1 heterocycles. The van der Waals surface area contributed by atoms with Crippen molar-refractivity contribution in [2.75, 3.05) is 0 Å². The van der Waals surface area contributed by atoms with Crippen LogP contribution >= 0.6 is 0 Å². The predicted octanol–water partition coefficient (Wildman–Crippen LogP) is -1.39. The number of fused-ring (bicyclic) bond motifs is 1. The van der Waals surface area contributed by atoms with Gasteiger partial charge in [-0.15, -0.1) is 0 Å². The molecule has 6 nitrogen and oxygen atoms in total. The van der Waals surface area contributed by atoms with Crippen molar-refractivity contribution in [3.63, 3.8) is 0 Å². The van der Waals surface area contributed by atoms with E-state index in [0.717, 1.165) is 0 Å². The minimum atomic E-state index is -1.30. The van der Waals surface area contributed by atoms with Gasteiger partial charge in [0, 0.05) is 6.42 Å². The van der Waals surface area contributed by atoms with E-state index in [9.17, 15) is 9.59 Å². The molecule has 6 heteroatoms. The maximum absolute atomic E-state index is 11.1. The van der Waals surface area contributed by atoms with E-state index in [1.54, 1.807) is 0 Å². The highest BCUT2D eigenvalue weighted by molar-refractivity contribution is 5.85. The minimum Gasteiger partial charge on any atom is -0.480 e. The number of nitrogens with two attached hydrogens (primary N) is 1. The minimum absolute atomic E-state index is 0.152. The fourth-order valence-electron chi connectivity index (χ4n) is 1.88. The van der Waals surface area contributed by atoms with Gasteiger partial charge in [0.25, 0.3) is 0 Å². The molecule has 1 saturated carbocycles. The van der Waals surface area contributed by atoms with Gasteiger partial charge < -0.3 is 10.8 Å². The number of nitrogens with one attached hydrogen (secondary N) is 1. The molecular formula is C7H10N2O4. The number of aliphatic carboxylic acids is 1. The fraction of sp³-hybridized carbons (Fsp3) is 0.714. The first-order valence-electron chi connectivity index (χ1n) is 4.01. The van der Waals surface area contributed by atoms with Gasteiger partial charge in [-0.3, -0.25) is 14.4 Å². The van der Waals surface area contributed by atoms with E-state index >= 15 is 0 Å². The zero-order valence-corrected chi connectivity index (χ0v) is 6.82. The Morgan fingerprint density at radius 2 is 2.38 bits per heavy atom. The third-order valence-corrected chi connectivity index (χ3v) is 2.67. The van der Waals surface area contributed by atoms with Gasteiger partial charge in [0.15, 0.2) is 0 Å². The quantitative estimate of drug-likeness (QED) is 0.468. The average Bonchev–Trinajstić information content (AvgIpc) is 2.52. The highest BCUT2D eigenvalue weighted by Crippen LogP contribution is 2.37. The van der Waals surface area contributed by atoms with Crippen molar-refractivity contribution in [1.29, 1.82) is 0 Å². The van der Waals surface area contributed by atoms with Gasteiger partial charge in [-0.1, -0.05) is 0 Å². The van der Waals surface area contributed by atoms with Crippen LogP contribution in [0.5, 0.6) is 0 Å². The number of carboxylic acid groups (broad SMARTS) is 1. The van der Waals surface area contributed by atoms with Crippen LogP contribution in [0.15, 0.2) is 0 Å². The molecule has 1 saturated heterocycles. The monoisotopic (exact) mass is 186 g/mol. The first kappa shape index (κ1) is 8.46. The van der Waals surface area contributed by atoms with Crippen molar-refractivity contribution in [3.05, 3.63) is 0 Å². The van der Waals surface area contributed by atoms with Crippen LogP contribution in [0, 0.1) is 5.92 Å². The smallest absolute Gasteiger partial charge is 0.323 e. The van der Waals surface area contributed by atoms with E-state index < -0.39 is 17.4 Å². The molecule has 0 aromatic carbocycles. The molecular weight excluding hydrogens is 176 g/mol. The Kier molecular flexibility index (Phi) is 1.58. The normalized spacial score (nSPS) is 43.0. The molecule has 0 bridgehead atoms. The highest BCUT2D eigenvalue weighted by Gasteiger charge is 2.54. The van der Waals surface area contributed by atoms with Crippen LogP contribution in [0.3, 0.4) is 0 Å². The zero-order valence-electron chi connectivity index (χ0n) is 6.82. The zero-order chi connectivity index (χ0) is 9.64. The molecule has 13 heavy (non-hydrogen) atoms. The Bertz CT molecular complexity index is 278. The summed E-state index contributed by atoms with van der Waals surface area (Å²) in [6, 6.07) is 0. The number of hydrogen-bond donors (Lipinski definition) is 3. The second-order valence-electron chi connectivity index (χ2n) is 3.60. The first-order valence-corrected chi connectivity index (χ1v) is 4.01. The molecule has 2 aliphatic rings. The van der Waals surface area contributed by atoms with Crippen LogP contribution in [0.4, 0.5) is 0 Å². The molecule has 2 fully saturated rings.